The van der Waals surface area contributed by atoms with E-state index in [2.05, 4.69) is 30.4 Å². The Kier molecular flexibility index (Phi) is 5.06. The van der Waals surface area contributed by atoms with Crippen molar-refractivity contribution in [1.29, 1.82) is 0 Å². The van der Waals surface area contributed by atoms with Crippen LogP contribution >= 0.6 is 0 Å². The van der Waals surface area contributed by atoms with Crippen molar-refractivity contribution in [2.45, 2.75) is 58.1 Å². The van der Waals surface area contributed by atoms with Crippen LogP contribution in [0.1, 0.15) is 57.2 Å². The van der Waals surface area contributed by atoms with Crippen molar-refractivity contribution in [3.8, 4) is 5.75 Å². The van der Waals surface area contributed by atoms with E-state index in [9.17, 15) is 5.11 Å². The van der Waals surface area contributed by atoms with Gasteiger partial charge in [-0.25, -0.2) is 0 Å². The molecule has 2 rings (SSSR count). The van der Waals surface area contributed by atoms with Crippen LogP contribution in [0.5, 0.6) is 5.75 Å². The van der Waals surface area contributed by atoms with Gasteiger partial charge in [0.05, 0.1) is 12.2 Å². The summed E-state index contributed by atoms with van der Waals surface area (Å²) < 4.78 is 5.76. The van der Waals surface area contributed by atoms with Gasteiger partial charge in [-0.3, -0.25) is 0 Å². The summed E-state index contributed by atoms with van der Waals surface area (Å²) in [5.41, 5.74) is 2.17. The Balaban J connectivity index is 2.00. The highest BCUT2D eigenvalue weighted by atomic mass is 16.5. The molecule has 0 aromatic heterocycles. The number of fused-ring (bicyclic) bond motifs is 1. The van der Waals surface area contributed by atoms with Crippen LogP contribution in [0.4, 0.5) is 0 Å². The molecule has 112 valence electrons. The zero-order valence-corrected chi connectivity index (χ0v) is 12.9. The van der Waals surface area contributed by atoms with Crippen LogP contribution in [0, 0.1) is 0 Å². The molecule has 0 bridgehead atoms. The third-order valence-corrected chi connectivity index (χ3v) is 3.86. The summed E-state index contributed by atoms with van der Waals surface area (Å²) in [6, 6.07) is 6.91. The van der Waals surface area contributed by atoms with Gasteiger partial charge in [-0.1, -0.05) is 13.0 Å². The van der Waals surface area contributed by atoms with Crippen molar-refractivity contribution in [2.75, 3.05) is 13.2 Å². The molecule has 0 spiro atoms. The molecule has 0 saturated heterocycles. The van der Waals surface area contributed by atoms with Gasteiger partial charge in [-0.2, -0.15) is 0 Å². The zero-order chi connectivity index (χ0) is 14.6. The second-order valence-electron chi connectivity index (χ2n) is 6.27. The lowest BCUT2D eigenvalue weighted by Gasteiger charge is -2.26. The van der Waals surface area contributed by atoms with Gasteiger partial charge in [-0.05, 0) is 62.9 Å². The summed E-state index contributed by atoms with van der Waals surface area (Å²) in [5, 5.41) is 13.2. The smallest absolute Gasteiger partial charge is 0.119 e. The summed E-state index contributed by atoms with van der Waals surface area (Å²) in [6.07, 6.45) is 4.24. The third kappa shape index (κ3) is 4.22. The highest BCUT2D eigenvalue weighted by Gasteiger charge is 2.19. The van der Waals surface area contributed by atoms with Crippen LogP contribution in [0.25, 0.3) is 0 Å². The first kappa shape index (κ1) is 15.3. The van der Waals surface area contributed by atoms with E-state index in [1.165, 1.54) is 24.0 Å². The van der Waals surface area contributed by atoms with Gasteiger partial charge < -0.3 is 15.2 Å². The molecular weight excluding hydrogens is 250 g/mol. The minimum absolute atomic E-state index is 0.495. The first-order valence-corrected chi connectivity index (χ1v) is 7.71. The molecule has 0 fully saturated rings. The Bertz CT molecular complexity index is 437. The summed E-state index contributed by atoms with van der Waals surface area (Å²) in [4.78, 5) is 0. The fraction of sp³-hybridized carbons (Fsp3) is 0.647. The van der Waals surface area contributed by atoms with Crippen LogP contribution in [-0.2, 0) is 6.42 Å². The predicted molar refractivity (Wildman–Crippen MR) is 82.2 cm³/mol. The average molecular weight is 277 g/mol. The highest BCUT2D eigenvalue weighted by molar-refractivity contribution is 5.39. The maximum absolute atomic E-state index is 9.69. The van der Waals surface area contributed by atoms with E-state index in [0.717, 1.165) is 18.7 Å². The van der Waals surface area contributed by atoms with E-state index in [0.29, 0.717) is 19.1 Å². The molecule has 0 heterocycles. The quantitative estimate of drug-likeness (QED) is 0.839. The largest absolute Gasteiger partial charge is 0.493 e. The number of rotatable bonds is 6. The molecule has 1 aliphatic rings. The van der Waals surface area contributed by atoms with Crippen molar-refractivity contribution in [3.63, 3.8) is 0 Å². The Hall–Kier alpha value is -1.06. The number of ether oxygens (including phenoxy) is 1. The first-order chi connectivity index (χ1) is 9.49. The van der Waals surface area contributed by atoms with Crippen molar-refractivity contribution < 1.29 is 9.84 Å². The van der Waals surface area contributed by atoms with E-state index < -0.39 is 5.60 Å². The molecule has 20 heavy (non-hydrogen) atoms. The Morgan fingerprint density at radius 3 is 2.90 bits per heavy atom. The lowest BCUT2D eigenvalue weighted by atomic mass is 9.87. The first-order valence-electron chi connectivity index (χ1n) is 7.71. The van der Waals surface area contributed by atoms with Crippen molar-refractivity contribution in [1.82, 2.24) is 5.32 Å². The van der Waals surface area contributed by atoms with E-state index >= 15 is 0 Å². The van der Waals surface area contributed by atoms with Crippen LogP contribution in [-0.4, -0.2) is 23.9 Å². The lowest BCUT2D eigenvalue weighted by molar-refractivity contribution is 0.0553. The summed E-state index contributed by atoms with van der Waals surface area (Å²) >= 11 is 0. The minimum atomic E-state index is -0.662. The maximum Gasteiger partial charge on any atom is 0.119 e. The van der Waals surface area contributed by atoms with E-state index in [1.54, 1.807) is 0 Å². The Morgan fingerprint density at radius 2 is 2.20 bits per heavy atom. The van der Waals surface area contributed by atoms with Gasteiger partial charge >= 0.3 is 0 Å². The molecule has 0 radical (unpaired) electrons. The van der Waals surface area contributed by atoms with Crippen molar-refractivity contribution in [2.24, 2.45) is 0 Å². The van der Waals surface area contributed by atoms with E-state index in [1.807, 2.05) is 13.8 Å². The fourth-order valence-corrected chi connectivity index (χ4v) is 2.76. The number of aliphatic hydroxyl groups is 1. The highest BCUT2D eigenvalue weighted by Crippen LogP contribution is 2.32. The molecular formula is C17H27NO2. The number of nitrogens with one attached hydrogen (secondary N) is 1. The van der Waals surface area contributed by atoms with Crippen LogP contribution in [0.2, 0.25) is 0 Å². The monoisotopic (exact) mass is 277 g/mol. The summed E-state index contributed by atoms with van der Waals surface area (Å²) in [5.74, 6) is 0.921. The second-order valence-corrected chi connectivity index (χ2v) is 6.27. The molecule has 2 N–H and O–H groups in total. The molecule has 3 heteroatoms. The standard InChI is InChI=1S/C17H27NO2/c1-4-18-16-7-5-6-13-12-14(8-9-15(13)16)20-11-10-17(2,3)19/h8-9,12,16,18-19H,4-7,10-11H2,1-3H3. The molecule has 0 aliphatic heterocycles. The van der Waals surface area contributed by atoms with Gasteiger partial charge in [0.1, 0.15) is 5.75 Å². The Morgan fingerprint density at radius 1 is 1.40 bits per heavy atom. The van der Waals surface area contributed by atoms with Crippen LogP contribution < -0.4 is 10.1 Å². The predicted octanol–water partition coefficient (Wildman–Crippen LogP) is 3.21. The lowest BCUT2D eigenvalue weighted by Crippen LogP contribution is -2.25. The molecule has 0 amide bonds. The van der Waals surface area contributed by atoms with Gasteiger partial charge in [0.2, 0.25) is 0 Å². The number of hydrogen-bond donors (Lipinski definition) is 2. The van der Waals surface area contributed by atoms with Crippen molar-refractivity contribution in [3.05, 3.63) is 29.3 Å². The third-order valence-electron chi connectivity index (χ3n) is 3.86. The van der Waals surface area contributed by atoms with Gasteiger partial charge in [-0.15, -0.1) is 0 Å². The zero-order valence-electron chi connectivity index (χ0n) is 12.9. The molecule has 3 nitrogen and oxygen atoms in total. The summed E-state index contributed by atoms with van der Waals surface area (Å²) in [6.45, 7) is 7.34. The molecule has 1 aliphatic carbocycles. The molecule has 1 aromatic rings. The van der Waals surface area contributed by atoms with E-state index in [4.69, 9.17) is 4.74 Å². The van der Waals surface area contributed by atoms with Crippen LogP contribution in [0.15, 0.2) is 18.2 Å². The molecule has 0 saturated carbocycles. The number of aryl methyl sites for hydroxylation is 1. The fourth-order valence-electron chi connectivity index (χ4n) is 2.76. The number of hydrogen-bond acceptors (Lipinski definition) is 3. The molecule has 1 aromatic carbocycles. The van der Waals surface area contributed by atoms with Gasteiger partial charge in [0.25, 0.3) is 0 Å². The van der Waals surface area contributed by atoms with Crippen LogP contribution in [0.3, 0.4) is 0 Å². The Labute approximate surface area is 122 Å². The second kappa shape index (κ2) is 6.59. The molecule has 1 atom stereocenters. The SMILES string of the molecule is CCNC1CCCc2cc(OCCC(C)(C)O)ccc21. The molecule has 1 unspecified atom stereocenters. The maximum atomic E-state index is 9.69. The van der Waals surface area contributed by atoms with E-state index in [-0.39, 0.29) is 0 Å². The topological polar surface area (TPSA) is 41.5 Å². The van der Waals surface area contributed by atoms with Crippen molar-refractivity contribution >= 4 is 0 Å². The minimum Gasteiger partial charge on any atom is -0.493 e. The number of benzene rings is 1. The average Bonchev–Trinajstić information content (AvgIpc) is 2.37. The summed E-state index contributed by atoms with van der Waals surface area (Å²) in [7, 11) is 0. The normalized spacial score (nSPS) is 18.7. The van der Waals surface area contributed by atoms with Gasteiger partial charge in [0.15, 0.2) is 0 Å². The van der Waals surface area contributed by atoms with Gasteiger partial charge in [0, 0.05) is 12.5 Å².